The maximum Gasteiger partial charge on any atom is 0.0346 e. The molecule has 2 atom stereocenters. The van der Waals surface area contributed by atoms with Crippen LogP contribution in [0.5, 0.6) is 0 Å². The lowest BCUT2D eigenvalue weighted by atomic mass is 9.81. The number of fused-ring (bicyclic) bond motifs is 1. The largest absolute Gasteiger partial charge is 0.313 e. The minimum Gasteiger partial charge on any atom is -0.313 e. The van der Waals surface area contributed by atoms with Crippen molar-refractivity contribution in [1.29, 1.82) is 0 Å². The molecule has 1 nitrogen and oxygen atoms in total. The molecule has 0 fully saturated rings. The minimum atomic E-state index is 0.524. The van der Waals surface area contributed by atoms with Crippen LogP contribution in [0.25, 0.3) is 0 Å². The highest BCUT2D eigenvalue weighted by atomic mass is 79.9. The molecule has 2 rings (SSSR count). The summed E-state index contributed by atoms with van der Waals surface area (Å²) in [5.74, 6) is 0.738. The van der Waals surface area contributed by atoms with Crippen molar-refractivity contribution in [2.24, 2.45) is 5.92 Å². The van der Waals surface area contributed by atoms with Gasteiger partial charge in [-0.1, -0.05) is 35.0 Å². The lowest BCUT2D eigenvalue weighted by Gasteiger charge is -2.31. The standard InChI is InChI=1S/C12H16BrN/c1-8-6-7-9-10(12(8)14-2)4-3-5-11(9)13/h3-5,8,12,14H,6-7H2,1-2H3. The van der Waals surface area contributed by atoms with E-state index in [9.17, 15) is 0 Å². The maximum atomic E-state index is 3.63. The maximum absolute atomic E-state index is 3.63. The Balaban J connectivity index is 2.46. The molecule has 0 heterocycles. The van der Waals surface area contributed by atoms with Gasteiger partial charge in [0.1, 0.15) is 0 Å². The second-order valence-corrected chi connectivity index (χ2v) is 4.94. The highest BCUT2D eigenvalue weighted by Gasteiger charge is 2.25. The van der Waals surface area contributed by atoms with E-state index in [2.05, 4.69) is 53.4 Å². The Morgan fingerprint density at radius 2 is 2.21 bits per heavy atom. The first-order chi connectivity index (χ1) is 6.74. The zero-order valence-corrected chi connectivity index (χ0v) is 10.3. The molecule has 0 aliphatic heterocycles. The fourth-order valence-corrected chi connectivity index (χ4v) is 3.00. The summed E-state index contributed by atoms with van der Waals surface area (Å²) in [6, 6.07) is 7.04. The van der Waals surface area contributed by atoms with Crippen molar-refractivity contribution in [3.8, 4) is 0 Å². The van der Waals surface area contributed by atoms with Crippen LogP contribution in [0.3, 0.4) is 0 Å². The van der Waals surface area contributed by atoms with Gasteiger partial charge in [-0.25, -0.2) is 0 Å². The van der Waals surface area contributed by atoms with Crippen molar-refractivity contribution in [3.63, 3.8) is 0 Å². The highest BCUT2D eigenvalue weighted by Crippen LogP contribution is 2.37. The van der Waals surface area contributed by atoms with Crippen LogP contribution in [0.1, 0.15) is 30.5 Å². The number of halogens is 1. The van der Waals surface area contributed by atoms with Crippen LogP contribution in [0, 0.1) is 5.92 Å². The first kappa shape index (κ1) is 10.2. The van der Waals surface area contributed by atoms with E-state index >= 15 is 0 Å². The van der Waals surface area contributed by atoms with E-state index in [1.165, 1.54) is 28.4 Å². The van der Waals surface area contributed by atoms with Crippen molar-refractivity contribution in [2.75, 3.05) is 7.05 Å². The predicted octanol–water partition coefficient (Wildman–Crippen LogP) is 3.29. The summed E-state index contributed by atoms with van der Waals surface area (Å²) in [6.07, 6.45) is 2.48. The molecule has 0 amide bonds. The fraction of sp³-hybridized carbons (Fsp3) is 0.500. The van der Waals surface area contributed by atoms with E-state index < -0.39 is 0 Å². The Hall–Kier alpha value is -0.340. The van der Waals surface area contributed by atoms with Crippen LogP contribution in [0.15, 0.2) is 22.7 Å². The zero-order chi connectivity index (χ0) is 10.1. The zero-order valence-electron chi connectivity index (χ0n) is 8.68. The van der Waals surface area contributed by atoms with E-state index in [1.54, 1.807) is 0 Å². The first-order valence-electron chi connectivity index (χ1n) is 5.18. The van der Waals surface area contributed by atoms with Crippen LogP contribution in [0.2, 0.25) is 0 Å². The predicted molar refractivity (Wildman–Crippen MR) is 63.4 cm³/mol. The molecule has 1 aromatic rings. The molecule has 1 aliphatic rings. The molecule has 2 unspecified atom stereocenters. The molecule has 0 bridgehead atoms. The van der Waals surface area contributed by atoms with Crippen molar-refractivity contribution < 1.29 is 0 Å². The third-order valence-corrected chi connectivity index (χ3v) is 3.96. The highest BCUT2D eigenvalue weighted by molar-refractivity contribution is 9.10. The second kappa shape index (κ2) is 4.03. The normalized spacial score (nSPS) is 25.9. The minimum absolute atomic E-state index is 0.524. The molecule has 76 valence electrons. The fourth-order valence-electron chi connectivity index (χ4n) is 2.42. The van der Waals surface area contributed by atoms with Crippen molar-refractivity contribution in [2.45, 2.75) is 25.8 Å². The Labute approximate surface area is 94.0 Å². The van der Waals surface area contributed by atoms with Crippen LogP contribution >= 0.6 is 15.9 Å². The summed E-state index contributed by atoms with van der Waals surface area (Å²) in [5.41, 5.74) is 2.96. The van der Waals surface area contributed by atoms with Crippen molar-refractivity contribution in [1.82, 2.24) is 5.32 Å². The summed E-state index contributed by atoms with van der Waals surface area (Å²) in [6.45, 7) is 2.32. The quantitative estimate of drug-likeness (QED) is 0.810. The first-order valence-corrected chi connectivity index (χ1v) is 5.98. The van der Waals surface area contributed by atoms with Crippen molar-refractivity contribution in [3.05, 3.63) is 33.8 Å². The van der Waals surface area contributed by atoms with Gasteiger partial charge in [-0.2, -0.15) is 0 Å². The Kier molecular flexibility index (Phi) is 2.93. The molecule has 0 saturated carbocycles. The molecule has 0 spiro atoms. The van der Waals surface area contributed by atoms with Crippen molar-refractivity contribution >= 4 is 15.9 Å². The van der Waals surface area contributed by atoms with Gasteiger partial charge in [0.25, 0.3) is 0 Å². The summed E-state index contributed by atoms with van der Waals surface area (Å²) in [7, 11) is 2.05. The molecule has 1 aromatic carbocycles. The van der Waals surface area contributed by atoms with Crippen LogP contribution in [-0.2, 0) is 6.42 Å². The van der Waals surface area contributed by atoms with Gasteiger partial charge in [-0.15, -0.1) is 0 Å². The molecule has 0 aromatic heterocycles. The molecule has 1 aliphatic carbocycles. The van der Waals surface area contributed by atoms with E-state index in [1.807, 2.05) is 0 Å². The van der Waals surface area contributed by atoms with Crippen LogP contribution in [-0.4, -0.2) is 7.05 Å². The smallest absolute Gasteiger partial charge is 0.0346 e. The number of hydrogen-bond acceptors (Lipinski definition) is 1. The van der Waals surface area contributed by atoms with Gasteiger partial charge in [0, 0.05) is 10.5 Å². The van der Waals surface area contributed by atoms with Gasteiger partial charge in [0.2, 0.25) is 0 Å². The lowest BCUT2D eigenvalue weighted by molar-refractivity contribution is 0.363. The summed E-state index contributed by atoms with van der Waals surface area (Å²) >= 11 is 3.63. The Morgan fingerprint density at radius 3 is 2.93 bits per heavy atom. The monoisotopic (exact) mass is 253 g/mol. The molecular weight excluding hydrogens is 238 g/mol. The van der Waals surface area contributed by atoms with Crippen LogP contribution < -0.4 is 5.32 Å². The Morgan fingerprint density at radius 1 is 1.43 bits per heavy atom. The van der Waals surface area contributed by atoms with E-state index in [4.69, 9.17) is 0 Å². The molecular formula is C12H16BrN. The van der Waals surface area contributed by atoms with Gasteiger partial charge < -0.3 is 5.32 Å². The second-order valence-electron chi connectivity index (χ2n) is 4.09. The lowest BCUT2D eigenvalue weighted by Crippen LogP contribution is -2.28. The van der Waals surface area contributed by atoms with Gasteiger partial charge >= 0.3 is 0 Å². The van der Waals surface area contributed by atoms with Crippen LogP contribution in [0.4, 0.5) is 0 Å². The average molecular weight is 254 g/mol. The Bertz CT molecular complexity index is 335. The van der Waals surface area contributed by atoms with Gasteiger partial charge in [-0.05, 0) is 43.0 Å². The third kappa shape index (κ3) is 1.61. The summed E-state index contributed by atoms with van der Waals surface area (Å²) in [5, 5.41) is 3.42. The third-order valence-electron chi connectivity index (χ3n) is 3.22. The van der Waals surface area contributed by atoms with Gasteiger partial charge in [0.05, 0.1) is 0 Å². The molecule has 2 heteroatoms. The van der Waals surface area contributed by atoms with Gasteiger partial charge in [-0.3, -0.25) is 0 Å². The number of rotatable bonds is 1. The average Bonchev–Trinajstić information content (AvgIpc) is 2.18. The molecule has 0 radical (unpaired) electrons. The molecule has 1 N–H and O–H groups in total. The molecule has 14 heavy (non-hydrogen) atoms. The topological polar surface area (TPSA) is 12.0 Å². The van der Waals surface area contributed by atoms with E-state index in [0.717, 1.165) is 5.92 Å². The van der Waals surface area contributed by atoms with E-state index in [-0.39, 0.29) is 0 Å². The number of nitrogens with one attached hydrogen (secondary N) is 1. The number of hydrogen-bond donors (Lipinski definition) is 1. The summed E-state index contributed by atoms with van der Waals surface area (Å²) < 4.78 is 1.27. The number of benzene rings is 1. The van der Waals surface area contributed by atoms with Gasteiger partial charge in [0.15, 0.2) is 0 Å². The summed E-state index contributed by atoms with van der Waals surface area (Å²) in [4.78, 5) is 0. The SMILES string of the molecule is CNC1c2cccc(Br)c2CCC1C. The molecule has 0 saturated heterocycles. The van der Waals surface area contributed by atoms with E-state index in [0.29, 0.717) is 6.04 Å².